The van der Waals surface area contributed by atoms with Gasteiger partial charge in [-0.1, -0.05) is 18.2 Å². The van der Waals surface area contributed by atoms with Crippen LogP contribution < -0.4 is 19.9 Å². The maximum absolute atomic E-state index is 12.7. The van der Waals surface area contributed by atoms with E-state index in [0.29, 0.717) is 26.1 Å². The molecule has 7 nitrogen and oxygen atoms in total. The van der Waals surface area contributed by atoms with Crippen molar-refractivity contribution in [2.24, 2.45) is 0 Å². The number of hydrogen-bond donors (Lipinski definition) is 1. The van der Waals surface area contributed by atoms with Crippen LogP contribution in [0.25, 0.3) is 0 Å². The van der Waals surface area contributed by atoms with Gasteiger partial charge < -0.3 is 24.8 Å². The second-order valence-corrected chi connectivity index (χ2v) is 7.36. The van der Waals surface area contributed by atoms with Crippen LogP contribution in [0, 0.1) is 0 Å². The van der Waals surface area contributed by atoms with Gasteiger partial charge in [-0.3, -0.25) is 4.79 Å². The number of para-hydroxylation sites is 1. The lowest BCUT2D eigenvalue weighted by Crippen LogP contribution is -2.53. The molecule has 2 aliphatic rings. The molecule has 0 aliphatic carbocycles. The molecular weight excluding hydrogens is 368 g/mol. The maximum Gasteiger partial charge on any atom is 0.317 e. The number of rotatable bonds is 4. The van der Waals surface area contributed by atoms with Crippen molar-refractivity contribution in [2.75, 3.05) is 49.6 Å². The number of carbonyl (C=O) groups excluding carboxylic acids is 2. The van der Waals surface area contributed by atoms with Gasteiger partial charge in [0, 0.05) is 50.5 Å². The highest BCUT2D eigenvalue weighted by Crippen LogP contribution is 2.24. The van der Waals surface area contributed by atoms with Gasteiger partial charge in [0.2, 0.25) is 5.91 Å². The number of amides is 3. The Balaban J connectivity index is 1.29. The number of carbonyl (C=O) groups is 2. The summed E-state index contributed by atoms with van der Waals surface area (Å²) in [5.74, 6) is 0.772. The number of urea groups is 1. The summed E-state index contributed by atoms with van der Waals surface area (Å²) in [6.07, 6.45) is 0.321. The maximum atomic E-state index is 12.7. The number of anilines is 2. The molecule has 2 fully saturated rings. The first-order valence-electron chi connectivity index (χ1n) is 9.94. The molecule has 0 bridgehead atoms. The Morgan fingerprint density at radius 1 is 0.966 bits per heavy atom. The molecule has 2 saturated heterocycles. The number of methoxy groups -OCH3 is 1. The van der Waals surface area contributed by atoms with E-state index in [-0.39, 0.29) is 18.0 Å². The van der Waals surface area contributed by atoms with Crippen molar-refractivity contribution in [3.05, 3.63) is 54.6 Å². The molecule has 1 atom stereocenters. The standard InChI is InChI=1S/C22H26N4O3/c1-29-20-9-7-19(8-10-20)26-16-17(15-21(26)27)23-22(28)25-13-11-24(12-14-25)18-5-3-2-4-6-18/h2-10,17H,11-16H2,1H3,(H,23,28)/t17-/m0/s1. The SMILES string of the molecule is COc1ccc(N2C[C@@H](NC(=O)N3CCN(c4ccccc4)CC3)CC2=O)cc1. The average Bonchev–Trinajstić information content (AvgIpc) is 3.14. The summed E-state index contributed by atoms with van der Waals surface area (Å²) in [7, 11) is 1.61. The minimum absolute atomic E-state index is 0.0226. The van der Waals surface area contributed by atoms with Crippen molar-refractivity contribution in [2.45, 2.75) is 12.5 Å². The minimum Gasteiger partial charge on any atom is -0.497 e. The van der Waals surface area contributed by atoms with Crippen molar-refractivity contribution in [3.63, 3.8) is 0 Å². The molecule has 0 unspecified atom stereocenters. The van der Waals surface area contributed by atoms with Crippen molar-refractivity contribution in [3.8, 4) is 5.75 Å². The van der Waals surface area contributed by atoms with Crippen molar-refractivity contribution >= 4 is 23.3 Å². The Bertz CT molecular complexity index is 848. The van der Waals surface area contributed by atoms with Gasteiger partial charge >= 0.3 is 6.03 Å². The third-order valence-corrected chi connectivity index (χ3v) is 5.52. The molecule has 0 aromatic heterocycles. The summed E-state index contributed by atoms with van der Waals surface area (Å²) < 4.78 is 5.17. The van der Waals surface area contributed by atoms with E-state index in [1.165, 1.54) is 5.69 Å². The summed E-state index contributed by atoms with van der Waals surface area (Å²) in [5.41, 5.74) is 2.01. The lowest BCUT2D eigenvalue weighted by Gasteiger charge is -2.36. The van der Waals surface area contributed by atoms with E-state index in [4.69, 9.17) is 4.74 Å². The molecule has 7 heteroatoms. The second-order valence-electron chi connectivity index (χ2n) is 7.36. The van der Waals surface area contributed by atoms with E-state index < -0.39 is 0 Å². The summed E-state index contributed by atoms with van der Waals surface area (Å²) in [6, 6.07) is 17.4. The second kappa shape index (κ2) is 8.43. The Labute approximate surface area is 170 Å². The van der Waals surface area contributed by atoms with Gasteiger partial charge in [0.25, 0.3) is 0 Å². The van der Waals surface area contributed by atoms with Gasteiger partial charge in [-0.2, -0.15) is 0 Å². The van der Waals surface area contributed by atoms with E-state index in [1.807, 2.05) is 47.4 Å². The number of nitrogens with zero attached hydrogens (tertiary/aromatic N) is 3. The smallest absolute Gasteiger partial charge is 0.317 e. The number of hydrogen-bond acceptors (Lipinski definition) is 4. The summed E-state index contributed by atoms with van der Waals surface area (Å²) in [5, 5.41) is 3.04. The first-order chi connectivity index (χ1) is 14.1. The molecule has 29 heavy (non-hydrogen) atoms. The molecule has 2 aromatic rings. The third-order valence-electron chi connectivity index (χ3n) is 5.52. The predicted molar refractivity (Wildman–Crippen MR) is 113 cm³/mol. The number of benzene rings is 2. The molecule has 1 N–H and O–H groups in total. The predicted octanol–water partition coefficient (Wildman–Crippen LogP) is 2.33. The number of nitrogens with one attached hydrogen (secondary N) is 1. The zero-order chi connectivity index (χ0) is 20.2. The van der Waals surface area contributed by atoms with E-state index >= 15 is 0 Å². The quantitative estimate of drug-likeness (QED) is 0.865. The Morgan fingerprint density at radius 2 is 1.66 bits per heavy atom. The molecule has 2 heterocycles. The molecule has 0 saturated carbocycles. The van der Waals surface area contributed by atoms with Crippen LogP contribution in [0.15, 0.2) is 54.6 Å². The van der Waals surface area contributed by atoms with Crippen LogP contribution in [-0.4, -0.2) is 62.7 Å². The lowest BCUT2D eigenvalue weighted by molar-refractivity contribution is -0.117. The van der Waals surface area contributed by atoms with Gasteiger partial charge in [0.15, 0.2) is 0 Å². The Hall–Kier alpha value is -3.22. The average molecular weight is 394 g/mol. The van der Waals surface area contributed by atoms with Crippen LogP contribution in [0.2, 0.25) is 0 Å². The number of piperazine rings is 1. The van der Waals surface area contributed by atoms with E-state index in [9.17, 15) is 9.59 Å². The summed E-state index contributed by atoms with van der Waals surface area (Å²) in [4.78, 5) is 30.9. The van der Waals surface area contributed by atoms with Crippen LogP contribution in [0.4, 0.5) is 16.2 Å². The molecule has 152 valence electrons. The van der Waals surface area contributed by atoms with Gasteiger partial charge in [0.05, 0.1) is 13.2 Å². The lowest BCUT2D eigenvalue weighted by atomic mass is 10.2. The van der Waals surface area contributed by atoms with Crippen LogP contribution in [-0.2, 0) is 4.79 Å². The zero-order valence-electron chi connectivity index (χ0n) is 16.6. The zero-order valence-corrected chi connectivity index (χ0v) is 16.6. The van der Waals surface area contributed by atoms with Crippen molar-refractivity contribution in [1.82, 2.24) is 10.2 Å². The molecular formula is C22H26N4O3. The fourth-order valence-corrected chi connectivity index (χ4v) is 3.89. The molecule has 0 spiro atoms. The molecule has 2 aromatic carbocycles. The molecule has 0 radical (unpaired) electrons. The summed E-state index contributed by atoms with van der Waals surface area (Å²) in [6.45, 7) is 3.44. The highest BCUT2D eigenvalue weighted by Gasteiger charge is 2.33. The first-order valence-corrected chi connectivity index (χ1v) is 9.94. The van der Waals surface area contributed by atoms with Gasteiger partial charge in [0.1, 0.15) is 5.75 Å². The van der Waals surface area contributed by atoms with Crippen LogP contribution in [0.5, 0.6) is 5.75 Å². The van der Waals surface area contributed by atoms with Crippen LogP contribution in [0.1, 0.15) is 6.42 Å². The molecule has 2 aliphatic heterocycles. The highest BCUT2D eigenvalue weighted by atomic mass is 16.5. The molecule has 3 amide bonds. The monoisotopic (exact) mass is 394 g/mol. The third kappa shape index (κ3) is 4.29. The van der Waals surface area contributed by atoms with Crippen LogP contribution in [0.3, 0.4) is 0 Å². The normalized spacial score (nSPS) is 19.4. The van der Waals surface area contributed by atoms with Crippen molar-refractivity contribution in [1.29, 1.82) is 0 Å². The largest absolute Gasteiger partial charge is 0.497 e. The van der Waals surface area contributed by atoms with Crippen LogP contribution >= 0.6 is 0 Å². The van der Waals surface area contributed by atoms with Crippen molar-refractivity contribution < 1.29 is 14.3 Å². The van der Waals surface area contributed by atoms with Gasteiger partial charge in [-0.25, -0.2) is 4.79 Å². The Morgan fingerprint density at radius 3 is 2.31 bits per heavy atom. The fourth-order valence-electron chi connectivity index (χ4n) is 3.89. The first kappa shape index (κ1) is 19.1. The minimum atomic E-state index is -0.177. The summed E-state index contributed by atoms with van der Waals surface area (Å²) >= 11 is 0. The molecule has 4 rings (SSSR count). The van der Waals surface area contributed by atoms with E-state index in [0.717, 1.165) is 24.5 Å². The number of ether oxygens (including phenoxy) is 1. The topological polar surface area (TPSA) is 65.1 Å². The fraction of sp³-hybridized carbons (Fsp3) is 0.364. The van der Waals surface area contributed by atoms with E-state index in [1.54, 1.807) is 12.0 Å². The Kier molecular flexibility index (Phi) is 5.55. The highest BCUT2D eigenvalue weighted by molar-refractivity contribution is 5.96. The van der Waals surface area contributed by atoms with Gasteiger partial charge in [-0.15, -0.1) is 0 Å². The van der Waals surface area contributed by atoms with E-state index in [2.05, 4.69) is 22.3 Å². The van der Waals surface area contributed by atoms with Gasteiger partial charge in [-0.05, 0) is 36.4 Å².